The number of hydrogen-bond acceptors (Lipinski definition) is 4. The van der Waals surface area contributed by atoms with E-state index in [1.807, 2.05) is 19.1 Å². The van der Waals surface area contributed by atoms with Crippen LogP contribution in [0.1, 0.15) is 11.3 Å². The van der Waals surface area contributed by atoms with Crippen LogP contribution in [0.4, 0.5) is 0 Å². The highest BCUT2D eigenvalue weighted by Crippen LogP contribution is 2.38. The van der Waals surface area contributed by atoms with Gasteiger partial charge in [0.05, 0.1) is 17.7 Å². The van der Waals surface area contributed by atoms with Gasteiger partial charge >= 0.3 is 0 Å². The van der Waals surface area contributed by atoms with Gasteiger partial charge in [-0.25, -0.2) is 4.98 Å². The van der Waals surface area contributed by atoms with Crippen LogP contribution in [-0.4, -0.2) is 16.8 Å². The van der Waals surface area contributed by atoms with E-state index in [1.54, 1.807) is 6.33 Å². The molecule has 0 fully saturated rings. The minimum atomic E-state index is 0.280. The third-order valence-electron chi connectivity index (χ3n) is 2.90. The second kappa shape index (κ2) is 3.78. The molecule has 5 heteroatoms. The van der Waals surface area contributed by atoms with Crippen molar-refractivity contribution < 1.29 is 9.47 Å². The molecule has 0 saturated carbocycles. The number of nitrogens with zero attached hydrogens (tertiary/aromatic N) is 1. The third kappa shape index (κ3) is 1.55. The predicted octanol–water partition coefficient (Wildman–Crippen LogP) is 1.57. The number of rotatable bonds is 2. The molecule has 1 aliphatic rings. The Balaban J connectivity index is 2.15. The molecule has 0 atom stereocenters. The Morgan fingerprint density at radius 1 is 1.35 bits per heavy atom. The van der Waals surface area contributed by atoms with Gasteiger partial charge in [-0.3, -0.25) is 0 Å². The molecule has 5 nitrogen and oxygen atoms in total. The summed E-state index contributed by atoms with van der Waals surface area (Å²) in [6.45, 7) is 2.73. The highest BCUT2D eigenvalue weighted by Gasteiger charge is 2.18. The molecule has 1 aliphatic heterocycles. The molecule has 3 N–H and O–H groups in total. The van der Waals surface area contributed by atoms with Crippen molar-refractivity contribution in [3.8, 4) is 22.8 Å². The highest BCUT2D eigenvalue weighted by atomic mass is 16.7. The number of benzene rings is 1. The molecule has 1 aromatic heterocycles. The summed E-state index contributed by atoms with van der Waals surface area (Å²) < 4.78 is 10.7. The summed E-state index contributed by atoms with van der Waals surface area (Å²) in [7, 11) is 0. The lowest BCUT2D eigenvalue weighted by molar-refractivity contribution is 0.174. The second-order valence-corrected chi connectivity index (χ2v) is 3.95. The Morgan fingerprint density at radius 2 is 2.12 bits per heavy atom. The quantitative estimate of drug-likeness (QED) is 0.822. The Hall–Kier alpha value is -2.01. The number of fused-ring (bicyclic) bond motifs is 1. The van der Waals surface area contributed by atoms with Crippen LogP contribution >= 0.6 is 0 Å². The van der Waals surface area contributed by atoms with Crippen LogP contribution in [0, 0.1) is 6.92 Å². The van der Waals surface area contributed by atoms with Crippen LogP contribution < -0.4 is 15.2 Å². The number of hydrogen-bond donors (Lipinski definition) is 2. The molecule has 2 aromatic rings. The molecule has 2 heterocycles. The van der Waals surface area contributed by atoms with Crippen LogP contribution in [0.5, 0.6) is 11.5 Å². The van der Waals surface area contributed by atoms with Gasteiger partial charge in [0, 0.05) is 12.1 Å². The van der Waals surface area contributed by atoms with Gasteiger partial charge in [0.1, 0.15) is 0 Å². The van der Waals surface area contributed by atoms with Crippen molar-refractivity contribution in [3.63, 3.8) is 0 Å². The molecular weight excluding hydrogens is 218 g/mol. The lowest BCUT2D eigenvalue weighted by Gasteiger charge is -2.06. The monoisotopic (exact) mass is 231 g/mol. The number of H-pyrrole nitrogens is 1. The van der Waals surface area contributed by atoms with Crippen LogP contribution in [-0.2, 0) is 6.54 Å². The second-order valence-electron chi connectivity index (χ2n) is 3.95. The first-order valence-electron chi connectivity index (χ1n) is 5.42. The first-order chi connectivity index (χ1) is 8.29. The fourth-order valence-corrected chi connectivity index (χ4v) is 2.01. The summed E-state index contributed by atoms with van der Waals surface area (Å²) in [6, 6.07) is 3.92. The zero-order chi connectivity index (χ0) is 11.8. The molecule has 0 amide bonds. The summed E-state index contributed by atoms with van der Waals surface area (Å²) in [6.07, 6.45) is 1.65. The summed E-state index contributed by atoms with van der Waals surface area (Å²) in [5.41, 5.74) is 9.59. The molecule has 3 rings (SSSR count). The lowest BCUT2D eigenvalue weighted by Crippen LogP contribution is -1.99. The van der Waals surface area contributed by atoms with Crippen molar-refractivity contribution in [1.82, 2.24) is 9.97 Å². The minimum Gasteiger partial charge on any atom is -0.454 e. The van der Waals surface area contributed by atoms with Crippen LogP contribution in [0.3, 0.4) is 0 Å². The molecule has 0 aliphatic carbocycles. The Morgan fingerprint density at radius 3 is 2.88 bits per heavy atom. The van der Waals surface area contributed by atoms with Gasteiger partial charge in [-0.2, -0.15) is 0 Å². The molecule has 17 heavy (non-hydrogen) atoms. The van der Waals surface area contributed by atoms with E-state index in [1.165, 1.54) is 0 Å². The van der Waals surface area contributed by atoms with E-state index in [-0.39, 0.29) is 6.79 Å². The summed E-state index contributed by atoms with van der Waals surface area (Å²) in [5, 5.41) is 0. The number of aryl methyl sites for hydroxylation is 1. The molecule has 0 spiro atoms. The summed E-state index contributed by atoms with van der Waals surface area (Å²) in [4.78, 5) is 7.35. The van der Waals surface area contributed by atoms with Gasteiger partial charge in [-0.15, -0.1) is 0 Å². The van der Waals surface area contributed by atoms with Crippen molar-refractivity contribution in [2.24, 2.45) is 5.73 Å². The largest absolute Gasteiger partial charge is 0.454 e. The van der Waals surface area contributed by atoms with Crippen LogP contribution in [0.25, 0.3) is 11.3 Å². The zero-order valence-electron chi connectivity index (χ0n) is 9.49. The van der Waals surface area contributed by atoms with E-state index >= 15 is 0 Å². The summed E-state index contributed by atoms with van der Waals surface area (Å²) >= 11 is 0. The first kappa shape index (κ1) is 10.2. The first-order valence-corrected chi connectivity index (χ1v) is 5.42. The van der Waals surface area contributed by atoms with Gasteiger partial charge in [0.25, 0.3) is 0 Å². The number of imidazole rings is 1. The third-order valence-corrected chi connectivity index (χ3v) is 2.90. The zero-order valence-corrected chi connectivity index (χ0v) is 9.49. The van der Waals surface area contributed by atoms with E-state index < -0.39 is 0 Å². The van der Waals surface area contributed by atoms with Crippen molar-refractivity contribution in [3.05, 3.63) is 29.7 Å². The van der Waals surface area contributed by atoms with Crippen molar-refractivity contribution in [2.45, 2.75) is 13.5 Å². The van der Waals surface area contributed by atoms with Gasteiger partial charge in [-0.1, -0.05) is 0 Å². The van der Waals surface area contributed by atoms with Crippen molar-refractivity contribution in [1.29, 1.82) is 0 Å². The maximum absolute atomic E-state index is 5.67. The molecule has 0 radical (unpaired) electrons. The number of aromatic nitrogens is 2. The smallest absolute Gasteiger partial charge is 0.231 e. The van der Waals surface area contributed by atoms with Crippen LogP contribution in [0.2, 0.25) is 0 Å². The highest BCUT2D eigenvalue weighted by molar-refractivity contribution is 5.70. The Bertz CT molecular complexity index is 563. The number of aromatic amines is 1. The fraction of sp³-hybridized carbons (Fsp3) is 0.250. The average Bonchev–Trinajstić information content (AvgIpc) is 2.94. The molecule has 0 unspecified atom stereocenters. The Labute approximate surface area is 98.6 Å². The van der Waals surface area contributed by atoms with E-state index in [0.29, 0.717) is 6.54 Å². The SMILES string of the molecule is Cc1cc2c(cc1-c1nc[nH]c1CN)OCO2. The Kier molecular flexibility index (Phi) is 2.26. The van der Waals surface area contributed by atoms with Crippen molar-refractivity contribution >= 4 is 0 Å². The van der Waals surface area contributed by atoms with E-state index in [9.17, 15) is 0 Å². The van der Waals surface area contributed by atoms with Crippen LogP contribution in [0.15, 0.2) is 18.5 Å². The van der Waals surface area contributed by atoms with E-state index in [4.69, 9.17) is 15.2 Å². The molecule has 1 aromatic carbocycles. The molecule has 0 bridgehead atoms. The van der Waals surface area contributed by atoms with Gasteiger partial charge in [0.2, 0.25) is 6.79 Å². The topological polar surface area (TPSA) is 73.2 Å². The molecule has 0 saturated heterocycles. The normalized spacial score (nSPS) is 13.1. The predicted molar refractivity (Wildman–Crippen MR) is 62.8 cm³/mol. The number of ether oxygens (including phenoxy) is 2. The average molecular weight is 231 g/mol. The summed E-state index contributed by atoms with van der Waals surface area (Å²) in [5.74, 6) is 1.55. The maximum Gasteiger partial charge on any atom is 0.231 e. The van der Waals surface area contributed by atoms with Gasteiger partial charge < -0.3 is 20.2 Å². The standard InChI is InChI=1S/C12H13N3O2/c1-7-2-10-11(17-6-16-10)3-8(7)12-9(4-13)14-5-15-12/h2-3,5H,4,6,13H2,1H3,(H,14,15). The number of nitrogens with one attached hydrogen (secondary N) is 1. The van der Waals surface area contributed by atoms with Crippen molar-refractivity contribution in [2.75, 3.05) is 6.79 Å². The molecular formula is C12H13N3O2. The lowest BCUT2D eigenvalue weighted by atomic mass is 10.0. The van der Waals surface area contributed by atoms with E-state index in [2.05, 4.69) is 9.97 Å². The number of nitrogens with two attached hydrogens (primary N) is 1. The fourth-order valence-electron chi connectivity index (χ4n) is 2.01. The minimum absolute atomic E-state index is 0.280. The van der Waals surface area contributed by atoms with Gasteiger partial charge in [0.15, 0.2) is 11.5 Å². The van der Waals surface area contributed by atoms with E-state index in [0.717, 1.165) is 34.0 Å². The van der Waals surface area contributed by atoms with Gasteiger partial charge in [-0.05, 0) is 24.6 Å². The molecule has 88 valence electrons. The maximum atomic E-state index is 5.67.